The molecule has 1 aliphatic heterocycles. The number of hydrogen-bond acceptors (Lipinski definition) is 5. The molecule has 5 heteroatoms. The van der Waals surface area contributed by atoms with Gasteiger partial charge in [0.25, 0.3) is 0 Å². The Kier molecular flexibility index (Phi) is 5.70. The SMILES string of the molecule is CC1(C)CC(=O)c2sc(N3CCOC[C@@H]3Cc3cccc(-c4ccc5ccccc5c4)c3)nc2C1. The summed E-state index contributed by atoms with van der Waals surface area (Å²) in [7, 11) is 0. The zero-order valence-electron chi connectivity index (χ0n) is 20.3. The van der Waals surface area contributed by atoms with Gasteiger partial charge in [-0.25, -0.2) is 4.98 Å². The number of carbonyl (C=O) groups excluding carboxylic acids is 1. The minimum Gasteiger partial charge on any atom is -0.377 e. The number of anilines is 1. The maximum absolute atomic E-state index is 12.8. The summed E-state index contributed by atoms with van der Waals surface area (Å²) in [5, 5.41) is 3.49. The summed E-state index contributed by atoms with van der Waals surface area (Å²) < 4.78 is 5.89. The Balaban J connectivity index is 1.26. The van der Waals surface area contributed by atoms with Crippen molar-refractivity contribution in [1.82, 2.24) is 4.98 Å². The molecule has 2 aliphatic rings. The van der Waals surface area contributed by atoms with Crippen LogP contribution in [-0.2, 0) is 17.6 Å². The Morgan fingerprint density at radius 1 is 1.00 bits per heavy atom. The molecule has 6 rings (SSSR count). The van der Waals surface area contributed by atoms with Crippen molar-refractivity contribution in [3.05, 3.63) is 82.9 Å². The molecular formula is C30H30N2O2S. The predicted octanol–water partition coefficient (Wildman–Crippen LogP) is 6.57. The molecule has 0 unspecified atom stereocenters. The van der Waals surface area contributed by atoms with E-state index in [4.69, 9.17) is 9.72 Å². The van der Waals surface area contributed by atoms with Gasteiger partial charge in [0.05, 0.1) is 29.8 Å². The molecule has 1 aliphatic carbocycles. The highest BCUT2D eigenvalue weighted by molar-refractivity contribution is 7.17. The molecule has 0 N–H and O–H groups in total. The van der Waals surface area contributed by atoms with Crippen molar-refractivity contribution in [2.24, 2.45) is 5.41 Å². The standard InChI is InChI=1S/C30H30N2O2S/c1-30(2)17-26-28(27(33)18-30)35-29(31-26)32-12-13-34-19-25(32)15-20-6-5-9-22(14-20)24-11-10-21-7-3-4-8-23(21)16-24/h3-11,14,16,25H,12-13,15,17-19H2,1-2H3/t25-/m0/s1. The second kappa shape index (κ2) is 8.89. The molecule has 2 heterocycles. The van der Waals surface area contributed by atoms with Gasteiger partial charge in [-0.1, -0.05) is 85.8 Å². The first-order valence-electron chi connectivity index (χ1n) is 12.4. The summed E-state index contributed by atoms with van der Waals surface area (Å²) in [6, 6.07) is 24.2. The number of nitrogens with zero attached hydrogens (tertiary/aromatic N) is 2. The Hall–Kier alpha value is -3.02. The molecule has 4 nitrogen and oxygen atoms in total. The highest BCUT2D eigenvalue weighted by Crippen LogP contribution is 2.40. The fraction of sp³-hybridized carbons (Fsp3) is 0.333. The average molecular weight is 483 g/mol. The molecule has 4 aromatic rings. The lowest BCUT2D eigenvalue weighted by atomic mass is 9.78. The Labute approximate surface area is 210 Å². The van der Waals surface area contributed by atoms with Crippen LogP contribution in [0.3, 0.4) is 0 Å². The molecule has 1 atom stereocenters. The van der Waals surface area contributed by atoms with E-state index in [1.165, 1.54) is 27.5 Å². The summed E-state index contributed by atoms with van der Waals surface area (Å²) in [6.45, 7) is 6.49. The lowest BCUT2D eigenvalue weighted by Gasteiger charge is -2.35. The zero-order chi connectivity index (χ0) is 24.0. The topological polar surface area (TPSA) is 42.4 Å². The number of hydrogen-bond donors (Lipinski definition) is 0. The highest BCUT2D eigenvalue weighted by Gasteiger charge is 2.36. The molecule has 1 fully saturated rings. The minimum absolute atomic E-state index is 0.0109. The van der Waals surface area contributed by atoms with E-state index in [2.05, 4.69) is 85.5 Å². The normalized spacial score (nSPS) is 19.7. The quantitative estimate of drug-likeness (QED) is 0.330. The van der Waals surface area contributed by atoms with Crippen LogP contribution in [0.25, 0.3) is 21.9 Å². The lowest BCUT2D eigenvalue weighted by Crippen LogP contribution is -2.46. The number of thiazole rings is 1. The molecule has 0 amide bonds. The maximum atomic E-state index is 12.8. The fourth-order valence-electron chi connectivity index (χ4n) is 5.43. The second-order valence-corrected chi connectivity index (χ2v) is 11.6. The Morgan fingerprint density at radius 3 is 2.71 bits per heavy atom. The first kappa shape index (κ1) is 22.4. The number of morpholine rings is 1. The number of aromatic nitrogens is 1. The van der Waals surface area contributed by atoms with E-state index >= 15 is 0 Å². The van der Waals surface area contributed by atoms with Crippen molar-refractivity contribution in [3.8, 4) is 11.1 Å². The first-order chi connectivity index (χ1) is 16.9. The number of fused-ring (bicyclic) bond motifs is 2. The van der Waals surface area contributed by atoms with Crippen LogP contribution in [0.15, 0.2) is 66.7 Å². The van der Waals surface area contributed by atoms with Crippen molar-refractivity contribution < 1.29 is 9.53 Å². The largest absolute Gasteiger partial charge is 0.377 e. The summed E-state index contributed by atoms with van der Waals surface area (Å²) in [6.07, 6.45) is 2.36. The summed E-state index contributed by atoms with van der Waals surface area (Å²) in [5.41, 5.74) is 4.72. The van der Waals surface area contributed by atoms with Crippen molar-refractivity contribution >= 4 is 33.0 Å². The van der Waals surface area contributed by atoms with E-state index in [0.29, 0.717) is 19.6 Å². The van der Waals surface area contributed by atoms with Crippen LogP contribution in [0.4, 0.5) is 5.13 Å². The molecule has 178 valence electrons. The monoisotopic (exact) mass is 482 g/mol. The minimum atomic E-state index is -0.0109. The van der Waals surface area contributed by atoms with Crippen molar-refractivity contribution in [2.45, 2.75) is 39.2 Å². The van der Waals surface area contributed by atoms with Gasteiger partial charge < -0.3 is 9.64 Å². The average Bonchev–Trinajstić information content (AvgIpc) is 3.27. The highest BCUT2D eigenvalue weighted by atomic mass is 32.1. The summed E-state index contributed by atoms with van der Waals surface area (Å²) in [5.74, 6) is 0.243. The smallest absolute Gasteiger partial charge is 0.186 e. The van der Waals surface area contributed by atoms with Crippen LogP contribution in [0, 0.1) is 5.41 Å². The number of rotatable bonds is 4. The molecule has 0 saturated carbocycles. The molecule has 0 radical (unpaired) electrons. The summed E-state index contributed by atoms with van der Waals surface area (Å²) in [4.78, 5) is 21.0. The van der Waals surface area contributed by atoms with Crippen LogP contribution in [0.1, 0.15) is 41.2 Å². The van der Waals surface area contributed by atoms with Crippen LogP contribution >= 0.6 is 11.3 Å². The van der Waals surface area contributed by atoms with Gasteiger partial charge in [0, 0.05) is 13.0 Å². The number of benzene rings is 3. The molecule has 0 spiro atoms. The van der Waals surface area contributed by atoms with E-state index in [1.807, 2.05) is 0 Å². The van der Waals surface area contributed by atoms with E-state index in [0.717, 1.165) is 35.1 Å². The van der Waals surface area contributed by atoms with E-state index in [1.54, 1.807) is 11.3 Å². The van der Waals surface area contributed by atoms with Crippen molar-refractivity contribution in [2.75, 3.05) is 24.7 Å². The fourth-order valence-corrected chi connectivity index (χ4v) is 6.54. The first-order valence-corrected chi connectivity index (χ1v) is 13.2. The third-order valence-electron chi connectivity index (χ3n) is 7.18. The predicted molar refractivity (Wildman–Crippen MR) is 144 cm³/mol. The molecule has 1 saturated heterocycles. The number of carbonyl (C=O) groups is 1. The van der Waals surface area contributed by atoms with Crippen LogP contribution in [-0.4, -0.2) is 36.6 Å². The van der Waals surface area contributed by atoms with Gasteiger partial charge in [0.2, 0.25) is 0 Å². The zero-order valence-corrected chi connectivity index (χ0v) is 21.1. The van der Waals surface area contributed by atoms with Gasteiger partial charge in [-0.3, -0.25) is 4.79 Å². The summed E-state index contributed by atoms with van der Waals surface area (Å²) >= 11 is 1.58. The molecule has 0 bridgehead atoms. The van der Waals surface area contributed by atoms with Crippen LogP contribution < -0.4 is 4.90 Å². The van der Waals surface area contributed by atoms with E-state index in [9.17, 15) is 4.79 Å². The molecule has 1 aromatic heterocycles. The number of ketones is 1. The molecule has 3 aromatic carbocycles. The van der Waals surface area contributed by atoms with E-state index in [-0.39, 0.29) is 17.2 Å². The van der Waals surface area contributed by atoms with Crippen LogP contribution in [0.5, 0.6) is 0 Å². The maximum Gasteiger partial charge on any atom is 0.186 e. The van der Waals surface area contributed by atoms with Gasteiger partial charge in [0.1, 0.15) is 0 Å². The van der Waals surface area contributed by atoms with Crippen LogP contribution in [0.2, 0.25) is 0 Å². The second-order valence-electron chi connectivity index (χ2n) is 10.6. The Morgan fingerprint density at radius 2 is 1.83 bits per heavy atom. The van der Waals surface area contributed by atoms with Gasteiger partial charge in [-0.05, 0) is 51.8 Å². The lowest BCUT2D eigenvalue weighted by molar-refractivity contribution is 0.0915. The van der Waals surface area contributed by atoms with Crippen molar-refractivity contribution in [1.29, 1.82) is 0 Å². The van der Waals surface area contributed by atoms with Gasteiger partial charge in [-0.2, -0.15) is 0 Å². The number of Topliss-reactive ketones (excluding diaryl/α,β-unsaturated/α-hetero) is 1. The van der Waals surface area contributed by atoms with Gasteiger partial charge >= 0.3 is 0 Å². The van der Waals surface area contributed by atoms with Gasteiger partial charge in [0.15, 0.2) is 10.9 Å². The molecular weight excluding hydrogens is 452 g/mol. The number of ether oxygens (including phenoxy) is 1. The molecule has 35 heavy (non-hydrogen) atoms. The van der Waals surface area contributed by atoms with E-state index < -0.39 is 0 Å². The Bertz CT molecular complexity index is 1410. The third-order valence-corrected chi connectivity index (χ3v) is 8.35. The van der Waals surface area contributed by atoms with Gasteiger partial charge in [-0.15, -0.1) is 0 Å². The third kappa shape index (κ3) is 4.51. The van der Waals surface area contributed by atoms with Crippen molar-refractivity contribution in [3.63, 3.8) is 0 Å².